The maximum absolute atomic E-state index is 11.7. The van der Waals surface area contributed by atoms with Crippen molar-refractivity contribution in [3.05, 3.63) is 12.2 Å². The summed E-state index contributed by atoms with van der Waals surface area (Å²) in [5.74, 6) is -0.286. The number of rotatable bonds is 0. The van der Waals surface area contributed by atoms with Crippen LogP contribution in [0.15, 0.2) is 12.2 Å². The first-order valence-corrected chi connectivity index (χ1v) is 5.66. The Morgan fingerprint density at radius 1 is 1.43 bits per heavy atom. The van der Waals surface area contributed by atoms with Crippen molar-refractivity contribution in [3.8, 4) is 0 Å². The zero-order valence-corrected chi connectivity index (χ0v) is 8.63. The predicted molar refractivity (Wildman–Crippen MR) is 53.1 cm³/mol. The van der Waals surface area contributed by atoms with Gasteiger partial charge in [-0.2, -0.15) is 0 Å². The Morgan fingerprint density at radius 3 is 2.71 bits per heavy atom. The Balaban J connectivity index is 2.04. The monoisotopic (exact) mass is 212 g/mol. The fourth-order valence-corrected chi connectivity index (χ4v) is 3.87. The smallest absolute Gasteiger partial charge is 0.184 e. The second-order valence-electron chi connectivity index (χ2n) is 4.78. The average Bonchev–Trinajstić information content (AvgIpc) is 2.75. The molecule has 76 valence electrons. The highest BCUT2D eigenvalue weighted by atomic mass is 35.5. The molecule has 0 aromatic carbocycles. The van der Waals surface area contributed by atoms with Crippen molar-refractivity contribution in [2.75, 3.05) is 0 Å². The zero-order valence-electron chi connectivity index (χ0n) is 7.87. The molecule has 0 saturated heterocycles. The minimum atomic E-state index is -1.14. The minimum Gasteiger partial charge on any atom is -0.380 e. The molecule has 0 aromatic heterocycles. The van der Waals surface area contributed by atoms with Gasteiger partial charge in [0.05, 0.1) is 0 Å². The van der Waals surface area contributed by atoms with Gasteiger partial charge < -0.3 is 5.11 Å². The minimum absolute atomic E-state index is 0.130. The van der Waals surface area contributed by atoms with Gasteiger partial charge in [0.2, 0.25) is 0 Å². The normalized spacial score (nSPS) is 48.3. The highest BCUT2D eigenvalue weighted by Gasteiger charge is 2.71. The summed E-state index contributed by atoms with van der Waals surface area (Å²) in [7, 11) is 0. The number of Topliss-reactive ketones (excluding diaryl/α,β-unsaturated/α-hetero) is 1. The summed E-state index contributed by atoms with van der Waals surface area (Å²) in [6, 6.07) is 0. The van der Waals surface area contributed by atoms with Gasteiger partial charge in [0.25, 0.3) is 0 Å². The molecule has 1 N–H and O–H groups in total. The number of aliphatic hydroxyl groups is 1. The van der Waals surface area contributed by atoms with E-state index < -0.39 is 11.0 Å². The van der Waals surface area contributed by atoms with Crippen LogP contribution in [0.1, 0.15) is 25.7 Å². The maximum atomic E-state index is 11.7. The van der Waals surface area contributed by atoms with Gasteiger partial charge >= 0.3 is 0 Å². The van der Waals surface area contributed by atoms with Crippen LogP contribution in [0, 0.1) is 11.3 Å². The molecule has 2 saturated carbocycles. The molecule has 3 unspecified atom stereocenters. The van der Waals surface area contributed by atoms with Crippen LogP contribution in [0.25, 0.3) is 0 Å². The molecule has 0 bridgehead atoms. The first kappa shape index (κ1) is 8.93. The molecule has 0 heterocycles. The van der Waals surface area contributed by atoms with Gasteiger partial charge in [-0.3, -0.25) is 4.79 Å². The van der Waals surface area contributed by atoms with Crippen LogP contribution in [0.2, 0.25) is 0 Å². The van der Waals surface area contributed by atoms with Crippen molar-refractivity contribution in [2.24, 2.45) is 11.3 Å². The van der Waals surface area contributed by atoms with Crippen LogP contribution in [0.5, 0.6) is 0 Å². The summed E-state index contributed by atoms with van der Waals surface area (Å²) in [5, 5.41) is 9.95. The molecule has 0 amide bonds. The van der Waals surface area contributed by atoms with E-state index in [1.54, 1.807) is 0 Å². The van der Waals surface area contributed by atoms with Crippen LogP contribution < -0.4 is 0 Å². The molecule has 3 aliphatic carbocycles. The van der Waals surface area contributed by atoms with Crippen molar-refractivity contribution in [3.63, 3.8) is 0 Å². The standard InChI is InChI=1S/C11H13ClO2/c12-8-7-3-6-10(4-1-2-5-10)11(7,14)9(8)13/h3,6-8,14H,1-2,4-5H2. The molecule has 0 aromatic rings. The Bertz CT molecular complexity index is 330. The van der Waals surface area contributed by atoms with Gasteiger partial charge in [-0.05, 0) is 12.8 Å². The van der Waals surface area contributed by atoms with Crippen molar-refractivity contribution >= 4 is 17.4 Å². The van der Waals surface area contributed by atoms with Crippen molar-refractivity contribution in [1.82, 2.24) is 0 Å². The van der Waals surface area contributed by atoms with Crippen LogP contribution in [-0.4, -0.2) is 21.9 Å². The van der Waals surface area contributed by atoms with Gasteiger partial charge in [0.15, 0.2) is 5.78 Å². The SMILES string of the molecule is O=C1C(Cl)C2C=CC3(CCCC3)C12O. The highest BCUT2D eigenvalue weighted by Crippen LogP contribution is 2.62. The molecular formula is C11H13ClO2. The number of hydrogen-bond donors (Lipinski definition) is 1. The number of hydrogen-bond acceptors (Lipinski definition) is 2. The van der Waals surface area contributed by atoms with Crippen LogP contribution in [-0.2, 0) is 4.79 Å². The molecule has 14 heavy (non-hydrogen) atoms. The second-order valence-corrected chi connectivity index (χ2v) is 5.25. The molecular weight excluding hydrogens is 200 g/mol. The van der Waals surface area contributed by atoms with Gasteiger partial charge in [0, 0.05) is 11.3 Å². The Morgan fingerprint density at radius 2 is 2.07 bits per heavy atom. The Hall–Kier alpha value is -0.340. The highest BCUT2D eigenvalue weighted by molar-refractivity contribution is 6.36. The fourth-order valence-electron chi connectivity index (χ4n) is 3.44. The summed E-state index contributed by atoms with van der Waals surface area (Å²) in [5.41, 5.74) is -1.41. The molecule has 3 rings (SSSR count). The lowest BCUT2D eigenvalue weighted by Crippen LogP contribution is -2.68. The first-order chi connectivity index (χ1) is 6.62. The number of fused-ring (bicyclic) bond motifs is 2. The lowest BCUT2D eigenvalue weighted by Gasteiger charge is -2.50. The zero-order chi connectivity index (χ0) is 9.97. The third-order valence-electron chi connectivity index (χ3n) is 4.30. The summed E-state index contributed by atoms with van der Waals surface area (Å²) >= 11 is 5.89. The second kappa shape index (κ2) is 2.42. The first-order valence-electron chi connectivity index (χ1n) is 5.22. The molecule has 2 nitrogen and oxygen atoms in total. The number of alkyl halides is 1. The topological polar surface area (TPSA) is 37.3 Å². The quantitative estimate of drug-likeness (QED) is 0.490. The van der Waals surface area contributed by atoms with Gasteiger partial charge in [0.1, 0.15) is 11.0 Å². The Labute approximate surface area is 87.9 Å². The van der Waals surface area contributed by atoms with Crippen LogP contribution in [0.4, 0.5) is 0 Å². The third kappa shape index (κ3) is 0.695. The van der Waals surface area contributed by atoms with E-state index in [4.69, 9.17) is 11.6 Å². The molecule has 3 aliphatic rings. The van der Waals surface area contributed by atoms with E-state index in [2.05, 4.69) is 0 Å². The van der Waals surface area contributed by atoms with Crippen LogP contribution >= 0.6 is 11.6 Å². The third-order valence-corrected chi connectivity index (χ3v) is 4.77. The lowest BCUT2D eigenvalue weighted by molar-refractivity contribution is -0.172. The molecule has 0 aliphatic heterocycles. The van der Waals surface area contributed by atoms with E-state index in [0.29, 0.717) is 0 Å². The predicted octanol–water partition coefficient (Wildman–Crippen LogP) is 1.65. The molecule has 1 spiro atoms. The van der Waals surface area contributed by atoms with E-state index >= 15 is 0 Å². The van der Waals surface area contributed by atoms with E-state index in [1.165, 1.54) is 0 Å². The van der Waals surface area contributed by atoms with E-state index in [-0.39, 0.29) is 17.1 Å². The largest absolute Gasteiger partial charge is 0.380 e. The van der Waals surface area contributed by atoms with Crippen molar-refractivity contribution < 1.29 is 9.90 Å². The average molecular weight is 213 g/mol. The van der Waals surface area contributed by atoms with Gasteiger partial charge in [-0.15, -0.1) is 11.6 Å². The molecule has 0 radical (unpaired) electrons. The molecule has 3 atom stereocenters. The summed E-state index contributed by atoms with van der Waals surface area (Å²) < 4.78 is 0. The van der Waals surface area contributed by atoms with Crippen molar-refractivity contribution in [1.29, 1.82) is 0 Å². The van der Waals surface area contributed by atoms with E-state index in [0.717, 1.165) is 25.7 Å². The van der Waals surface area contributed by atoms with Gasteiger partial charge in [-0.1, -0.05) is 25.0 Å². The maximum Gasteiger partial charge on any atom is 0.184 e. The van der Waals surface area contributed by atoms with Gasteiger partial charge in [-0.25, -0.2) is 0 Å². The summed E-state index contributed by atoms with van der Waals surface area (Å²) in [6.45, 7) is 0. The Kier molecular flexibility index (Phi) is 1.54. The lowest BCUT2D eigenvalue weighted by atomic mass is 9.58. The van der Waals surface area contributed by atoms with E-state index in [1.807, 2.05) is 12.2 Å². The fraction of sp³-hybridized carbons (Fsp3) is 0.727. The number of ketones is 1. The summed E-state index contributed by atoms with van der Waals surface area (Å²) in [6.07, 6.45) is 8.09. The van der Waals surface area contributed by atoms with Crippen molar-refractivity contribution in [2.45, 2.75) is 36.7 Å². The number of carbonyl (C=O) groups excluding carboxylic acids is 1. The van der Waals surface area contributed by atoms with Crippen LogP contribution in [0.3, 0.4) is 0 Å². The summed E-state index contributed by atoms with van der Waals surface area (Å²) in [4.78, 5) is 11.7. The van der Waals surface area contributed by atoms with E-state index in [9.17, 15) is 9.90 Å². The number of carbonyl (C=O) groups is 1. The molecule has 2 fully saturated rings. The molecule has 3 heteroatoms. The number of halogens is 1.